The zero-order chi connectivity index (χ0) is 17.8. The van der Waals surface area contributed by atoms with E-state index in [1.165, 1.54) is 0 Å². The first-order valence-corrected chi connectivity index (χ1v) is 7.58. The largest absolute Gasteiger partial charge is 0.508 e. The highest BCUT2D eigenvalue weighted by Gasteiger charge is 2.03. The zero-order valence-corrected chi connectivity index (χ0v) is 13.7. The number of aromatic hydroxyl groups is 1. The van der Waals surface area contributed by atoms with E-state index in [1.807, 2.05) is 0 Å². The van der Waals surface area contributed by atoms with Gasteiger partial charge >= 0.3 is 12.1 Å². The van der Waals surface area contributed by atoms with Crippen LogP contribution in [0.4, 0.5) is 4.79 Å². The molecule has 0 fully saturated rings. The van der Waals surface area contributed by atoms with Gasteiger partial charge in [-0.3, -0.25) is 0 Å². The van der Waals surface area contributed by atoms with Crippen LogP contribution in [0, 0.1) is 0 Å². The second-order valence-electron chi connectivity index (χ2n) is 5.01. The molecule has 0 bridgehead atoms. The molecule has 0 aliphatic carbocycles. The number of hydrogen-bond donors (Lipinski definition) is 2. The van der Waals surface area contributed by atoms with Gasteiger partial charge in [-0.2, -0.15) is 0 Å². The van der Waals surface area contributed by atoms with Crippen molar-refractivity contribution < 1.29 is 28.9 Å². The van der Waals surface area contributed by atoms with Gasteiger partial charge in [0.2, 0.25) is 0 Å². The maximum absolute atomic E-state index is 11.4. The van der Waals surface area contributed by atoms with Gasteiger partial charge in [-0.05, 0) is 24.6 Å². The van der Waals surface area contributed by atoms with E-state index >= 15 is 0 Å². The van der Waals surface area contributed by atoms with Crippen molar-refractivity contribution in [2.45, 2.75) is 13.3 Å². The molecule has 1 amide bonds. The first-order chi connectivity index (χ1) is 11.5. The maximum atomic E-state index is 11.4. The molecule has 0 aliphatic rings. The Balaban J connectivity index is 1.97. The highest BCUT2D eigenvalue weighted by molar-refractivity contribution is 5.86. The minimum atomic E-state index is -0.522. The third kappa shape index (κ3) is 8.79. The van der Waals surface area contributed by atoms with E-state index in [-0.39, 0.29) is 32.2 Å². The fourth-order valence-electron chi connectivity index (χ4n) is 1.62. The molecule has 1 aromatic rings. The number of carbonyl (C=O) groups excluding carboxylic acids is 2. The van der Waals surface area contributed by atoms with Crippen molar-refractivity contribution in [2.75, 3.05) is 33.0 Å². The fraction of sp³-hybridized carbons (Fsp3) is 0.412. The Bertz CT molecular complexity index is 541. The molecule has 0 aromatic heterocycles. The van der Waals surface area contributed by atoms with Crippen molar-refractivity contribution in [3.8, 4) is 5.75 Å². The van der Waals surface area contributed by atoms with Crippen molar-refractivity contribution in [1.29, 1.82) is 0 Å². The zero-order valence-electron chi connectivity index (χ0n) is 13.7. The van der Waals surface area contributed by atoms with Crippen LogP contribution in [0.1, 0.15) is 12.5 Å². The third-order valence-electron chi connectivity index (χ3n) is 2.89. The van der Waals surface area contributed by atoms with Gasteiger partial charge in [0, 0.05) is 18.5 Å². The van der Waals surface area contributed by atoms with Crippen molar-refractivity contribution in [1.82, 2.24) is 5.32 Å². The van der Waals surface area contributed by atoms with Gasteiger partial charge in [-0.25, -0.2) is 9.59 Å². The first-order valence-electron chi connectivity index (χ1n) is 7.58. The van der Waals surface area contributed by atoms with E-state index < -0.39 is 12.1 Å². The summed E-state index contributed by atoms with van der Waals surface area (Å²) in [7, 11) is 0. The number of ether oxygens (including phenoxy) is 3. The molecule has 0 radical (unpaired) electrons. The molecule has 0 atom stereocenters. The number of nitrogens with one attached hydrogen (secondary N) is 1. The van der Waals surface area contributed by atoms with E-state index in [4.69, 9.17) is 19.3 Å². The minimum Gasteiger partial charge on any atom is -0.508 e. The van der Waals surface area contributed by atoms with Crippen LogP contribution in [-0.4, -0.2) is 50.1 Å². The molecule has 24 heavy (non-hydrogen) atoms. The Morgan fingerprint density at radius 3 is 2.46 bits per heavy atom. The van der Waals surface area contributed by atoms with Gasteiger partial charge in [0.15, 0.2) is 0 Å². The van der Waals surface area contributed by atoms with Crippen LogP contribution in [0.3, 0.4) is 0 Å². The number of phenols is 1. The lowest BCUT2D eigenvalue weighted by Gasteiger charge is -2.08. The highest BCUT2D eigenvalue weighted by atomic mass is 16.6. The summed E-state index contributed by atoms with van der Waals surface area (Å²) >= 11 is 0. The lowest BCUT2D eigenvalue weighted by atomic mass is 10.1. The quantitative estimate of drug-likeness (QED) is 0.384. The van der Waals surface area contributed by atoms with E-state index in [2.05, 4.69) is 11.9 Å². The average Bonchev–Trinajstić information content (AvgIpc) is 2.55. The molecule has 132 valence electrons. The van der Waals surface area contributed by atoms with Crippen molar-refractivity contribution in [3.63, 3.8) is 0 Å². The van der Waals surface area contributed by atoms with Crippen LogP contribution in [-0.2, 0) is 25.4 Å². The number of alkyl carbamates (subject to hydrolysis) is 1. The smallest absolute Gasteiger partial charge is 0.407 e. The number of amides is 1. The van der Waals surface area contributed by atoms with Gasteiger partial charge in [0.1, 0.15) is 12.4 Å². The Kier molecular flexibility index (Phi) is 8.99. The average molecular weight is 337 g/mol. The Morgan fingerprint density at radius 2 is 1.79 bits per heavy atom. The van der Waals surface area contributed by atoms with Gasteiger partial charge in [-0.15, -0.1) is 0 Å². The number of carbonyl (C=O) groups is 2. The predicted octanol–water partition coefficient (Wildman–Crippen LogP) is 1.80. The normalized spacial score (nSPS) is 10.0. The molecule has 2 N–H and O–H groups in total. The SMILES string of the molecule is C=C(C)C(=O)OCCOCCNC(=O)OCCc1ccc(O)cc1. The van der Waals surface area contributed by atoms with Gasteiger partial charge in [0.05, 0.1) is 19.8 Å². The van der Waals surface area contributed by atoms with Crippen LogP contribution in [0.2, 0.25) is 0 Å². The first kappa shape index (κ1) is 19.5. The molecular formula is C17H23NO6. The summed E-state index contributed by atoms with van der Waals surface area (Å²) in [5, 5.41) is 11.7. The molecule has 7 nitrogen and oxygen atoms in total. The monoisotopic (exact) mass is 337 g/mol. The predicted molar refractivity (Wildman–Crippen MR) is 87.8 cm³/mol. The number of benzene rings is 1. The number of hydrogen-bond acceptors (Lipinski definition) is 6. The summed E-state index contributed by atoms with van der Waals surface area (Å²) in [5.41, 5.74) is 1.31. The lowest BCUT2D eigenvalue weighted by Crippen LogP contribution is -2.29. The van der Waals surface area contributed by atoms with Crippen LogP contribution < -0.4 is 5.32 Å². The standard InChI is InChI=1S/C17H23NO6/c1-13(2)16(20)23-12-11-22-10-8-18-17(21)24-9-7-14-3-5-15(19)6-4-14/h3-6,19H,1,7-12H2,2H3,(H,18,21). The van der Waals surface area contributed by atoms with Crippen LogP contribution >= 0.6 is 0 Å². The number of esters is 1. The fourth-order valence-corrected chi connectivity index (χ4v) is 1.62. The molecule has 0 spiro atoms. The van der Waals surface area contributed by atoms with Crippen LogP contribution in [0.5, 0.6) is 5.75 Å². The van der Waals surface area contributed by atoms with E-state index in [1.54, 1.807) is 31.2 Å². The van der Waals surface area contributed by atoms with E-state index in [0.29, 0.717) is 18.5 Å². The summed E-state index contributed by atoms with van der Waals surface area (Å²) in [6, 6.07) is 6.71. The number of phenolic OH excluding ortho intramolecular Hbond substituents is 1. The van der Waals surface area contributed by atoms with Gasteiger partial charge < -0.3 is 24.6 Å². The highest BCUT2D eigenvalue weighted by Crippen LogP contribution is 2.09. The second-order valence-corrected chi connectivity index (χ2v) is 5.01. The van der Waals surface area contributed by atoms with Gasteiger partial charge in [-0.1, -0.05) is 18.7 Å². The Morgan fingerprint density at radius 1 is 1.08 bits per heavy atom. The molecule has 0 unspecified atom stereocenters. The summed E-state index contributed by atoms with van der Waals surface area (Å²) in [6.45, 7) is 6.25. The molecule has 1 rings (SSSR count). The van der Waals surface area contributed by atoms with E-state index in [0.717, 1.165) is 5.56 Å². The molecule has 0 saturated heterocycles. The van der Waals surface area contributed by atoms with Gasteiger partial charge in [0.25, 0.3) is 0 Å². The van der Waals surface area contributed by atoms with Crippen molar-refractivity contribution in [3.05, 3.63) is 42.0 Å². The minimum absolute atomic E-state index is 0.142. The second kappa shape index (κ2) is 11.1. The van der Waals surface area contributed by atoms with Crippen LogP contribution in [0.25, 0.3) is 0 Å². The Hall–Kier alpha value is -2.54. The summed E-state index contributed by atoms with van der Waals surface area (Å²) in [5.74, 6) is -0.249. The molecule has 0 heterocycles. The number of rotatable bonds is 10. The van der Waals surface area contributed by atoms with Crippen LogP contribution in [0.15, 0.2) is 36.4 Å². The topological polar surface area (TPSA) is 94.1 Å². The maximum Gasteiger partial charge on any atom is 0.407 e. The molecule has 1 aromatic carbocycles. The molecule has 7 heteroatoms. The molecule has 0 saturated carbocycles. The van der Waals surface area contributed by atoms with Crippen molar-refractivity contribution >= 4 is 12.1 Å². The summed E-state index contributed by atoms with van der Waals surface area (Å²) < 4.78 is 15.1. The van der Waals surface area contributed by atoms with E-state index in [9.17, 15) is 9.59 Å². The lowest BCUT2D eigenvalue weighted by molar-refractivity contribution is -0.140. The molecule has 0 aliphatic heterocycles. The summed E-state index contributed by atoms with van der Waals surface area (Å²) in [4.78, 5) is 22.5. The molecular weight excluding hydrogens is 314 g/mol. The Labute approximate surface area is 141 Å². The third-order valence-corrected chi connectivity index (χ3v) is 2.89. The summed E-state index contributed by atoms with van der Waals surface area (Å²) in [6.07, 6.45) is 0.0456. The van der Waals surface area contributed by atoms with Crippen molar-refractivity contribution in [2.24, 2.45) is 0 Å².